The average Bonchev–Trinajstić information content (AvgIpc) is 2.68. The van der Waals surface area contributed by atoms with Gasteiger partial charge in [-0.3, -0.25) is 14.4 Å². The lowest BCUT2D eigenvalue weighted by molar-refractivity contribution is -0.155. The molecule has 1 aromatic carbocycles. The van der Waals surface area contributed by atoms with Crippen LogP contribution >= 0.6 is 0 Å². The molecule has 1 heterocycles. The van der Waals surface area contributed by atoms with Crippen molar-refractivity contribution in [3.05, 3.63) is 35.4 Å². The fraction of sp³-hybridized carbons (Fsp3) is 0.550. The van der Waals surface area contributed by atoms with E-state index >= 15 is 0 Å². The van der Waals surface area contributed by atoms with Crippen LogP contribution in [0.15, 0.2) is 24.3 Å². The van der Waals surface area contributed by atoms with Gasteiger partial charge in [-0.05, 0) is 51.0 Å². The van der Waals surface area contributed by atoms with Crippen LogP contribution in [0.2, 0.25) is 0 Å². The fourth-order valence-electron chi connectivity index (χ4n) is 3.57. The van der Waals surface area contributed by atoms with Gasteiger partial charge in [0, 0.05) is 44.4 Å². The summed E-state index contributed by atoms with van der Waals surface area (Å²) in [4.78, 5) is 40.2. The molecule has 1 atom stereocenters. The third-order valence-electron chi connectivity index (χ3n) is 5.17. The molecular weight excluding hydrogens is 348 g/mol. The number of likely N-dealkylation sites (tertiary alicyclic amines) is 1. The van der Waals surface area contributed by atoms with Gasteiger partial charge in [-0.1, -0.05) is 0 Å². The lowest BCUT2D eigenvalue weighted by Crippen LogP contribution is -2.52. The van der Waals surface area contributed by atoms with Crippen molar-refractivity contribution in [3.8, 4) is 0 Å². The zero-order chi connectivity index (χ0) is 20.0. The highest BCUT2D eigenvalue weighted by atomic mass is 16.5. The van der Waals surface area contributed by atoms with E-state index in [-0.39, 0.29) is 25.0 Å². The second kappa shape index (κ2) is 8.99. The molecule has 0 aromatic heterocycles. The van der Waals surface area contributed by atoms with E-state index in [1.807, 2.05) is 13.8 Å². The van der Waals surface area contributed by atoms with E-state index in [9.17, 15) is 19.5 Å². The van der Waals surface area contributed by atoms with Crippen molar-refractivity contribution in [3.63, 3.8) is 0 Å². The molecule has 148 valence electrons. The summed E-state index contributed by atoms with van der Waals surface area (Å²) >= 11 is 0. The number of nitrogens with zero attached hydrogens (tertiary/aromatic N) is 2. The number of methoxy groups -OCH3 is 1. The standard InChI is InChI=1S/C20H28N2O5/c1-4-21(5-2)17(23)15-7-9-16(10-8-15)18(24)22-12-6-11-20(13-22,14-27-3)19(25)26/h7-10H,4-6,11-14H2,1-3H3,(H,25,26). The predicted molar refractivity (Wildman–Crippen MR) is 101 cm³/mol. The van der Waals surface area contributed by atoms with Gasteiger partial charge in [-0.25, -0.2) is 0 Å². The Morgan fingerprint density at radius 2 is 1.74 bits per heavy atom. The minimum Gasteiger partial charge on any atom is -0.481 e. The molecule has 0 aliphatic carbocycles. The van der Waals surface area contributed by atoms with Crippen molar-refractivity contribution in [1.82, 2.24) is 9.80 Å². The number of carboxylic acid groups (broad SMARTS) is 1. The predicted octanol–water partition coefficient (Wildman–Crippen LogP) is 2.12. The van der Waals surface area contributed by atoms with Gasteiger partial charge in [0.15, 0.2) is 0 Å². The summed E-state index contributed by atoms with van der Waals surface area (Å²) in [6, 6.07) is 6.56. The first-order valence-corrected chi connectivity index (χ1v) is 9.29. The Morgan fingerprint density at radius 1 is 1.15 bits per heavy atom. The van der Waals surface area contributed by atoms with Crippen LogP contribution in [-0.4, -0.2) is 72.6 Å². The van der Waals surface area contributed by atoms with Gasteiger partial charge in [0.05, 0.1) is 6.61 Å². The third kappa shape index (κ3) is 4.47. The van der Waals surface area contributed by atoms with E-state index in [2.05, 4.69) is 0 Å². The summed E-state index contributed by atoms with van der Waals surface area (Å²) < 4.78 is 5.10. The Kier molecular flexibility index (Phi) is 6.96. The first-order valence-electron chi connectivity index (χ1n) is 9.29. The molecule has 27 heavy (non-hydrogen) atoms. The number of hydrogen-bond acceptors (Lipinski definition) is 4. The number of carbonyl (C=O) groups excluding carboxylic acids is 2. The Balaban J connectivity index is 2.15. The molecule has 0 saturated carbocycles. The quantitative estimate of drug-likeness (QED) is 0.788. The molecular formula is C20H28N2O5. The summed E-state index contributed by atoms with van der Waals surface area (Å²) in [6.45, 7) is 5.80. The number of hydrogen-bond donors (Lipinski definition) is 1. The highest BCUT2D eigenvalue weighted by Crippen LogP contribution is 2.31. The third-order valence-corrected chi connectivity index (χ3v) is 5.17. The smallest absolute Gasteiger partial charge is 0.313 e. The van der Waals surface area contributed by atoms with Gasteiger partial charge in [0.1, 0.15) is 5.41 Å². The zero-order valence-corrected chi connectivity index (χ0v) is 16.2. The van der Waals surface area contributed by atoms with Crippen LogP contribution < -0.4 is 0 Å². The van der Waals surface area contributed by atoms with Gasteiger partial charge in [0.2, 0.25) is 0 Å². The number of carboxylic acids is 1. The highest BCUT2D eigenvalue weighted by molar-refractivity contribution is 5.98. The van der Waals surface area contributed by atoms with Crippen LogP contribution in [0.1, 0.15) is 47.4 Å². The molecule has 7 nitrogen and oxygen atoms in total. The molecule has 7 heteroatoms. The number of ether oxygens (including phenoxy) is 1. The largest absolute Gasteiger partial charge is 0.481 e. The van der Waals surface area contributed by atoms with Crippen molar-refractivity contribution < 1.29 is 24.2 Å². The van der Waals surface area contributed by atoms with E-state index in [0.717, 1.165) is 0 Å². The maximum atomic E-state index is 12.8. The fourth-order valence-corrected chi connectivity index (χ4v) is 3.57. The summed E-state index contributed by atoms with van der Waals surface area (Å²) in [5.41, 5.74) is -0.0840. The molecule has 2 rings (SSSR count). The van der Waals surface area contributed by atoms with Crippen molar-refractivity contribution in [2.24, 2.45) is 5.41 Å². The number of benzene rings is 1. The first-order chi connectivity index (χ1) is 12.9. The number of aliphatic carboxylic acids is 1. The van der Waals surface area contributed by atoms with Crippen LogP contribution in [0.3, 0.4) is 0 Å². The molecule has 1 aliphatic rings. The lowest BCUT2D eigenvalue weighted by atomic mass is 9.80. The Labute approximate surface area is 159 Å². The van der Waals surface area contributed by atoms with Crippen molar-refractivity contribution in [2.45, 2.75) is 26.7 Å². The zero-order valence-electron chi connectivity index (χ0n) is 16.2. The monoisotopic (exact) mass is 376 g/mol. The molecule has 1 unspecified atom stereocenters. The maximum Gasteiger partial charge on any atom is 0.313 e. The topological polar surface area (TPSA) is 87.2 Å². The second-order valence-corrected chi connectivity index (χ2v) is 6.90. The number of rotatable bonds is 7. The minimum atomic E-state index is -1.07. The summed E-state index contributed by atoms with van der Waals surface area (Å²) in [6.07, 6.45) is 1.09. The molecule has 0 spiro atoms. The minimum absolute atomic E-state index is 0.0676. The van der Waals surface area contributed by atoms with E-state index < -0.39 is 11.4 Å². The van der Waals surface area contributed by atoms with E-state index in [1.165, 1.54) is 7.11 Å². The Bertz CT molecular complexity index is 680. The van der Waals surface area contributed by atoms with Crippen molar-refractivity contribution in [1.29, 1.82) is 0 Å². The van der Waals surface area contributed by atoms with Crippen LogP contribution in [0, 0.1) is 5.41 Å². The maximum absolute atomic E-state index is 12.8. The van der Waals surface area contributed by atoms with Gasteiger partial charge in [-0.15, -0.1) is 0 Å². The van der Waals surface area contributed by atoms with Crippen LogP contribution in [0.4, 0.5) is 0 Å². The van der Waals surface area contributed by atoms with Crippen LogP contribution in [0.5, 0.6) is 0 Å². The summed E-state index contributed by atoms with van der Waals surface area (Å²) in [7, 11) is 1.47. The van der Waals surface area contributed by atoms with Gasteiger partial charge < -0.3 is 19.6 Å². The van der Waals surface area contributed by atoms with Crippen molar-refractivity contribution >= 4 is 17.8 Å². The molecule has 1 N–H and O–H groups in total. The van der Waals surface area contributed by atoms with Crippen LogP contribution in [0.25, 0.3) is 0 Å². The highest BCUT2D eigenvalue weighted by Gasteiger charge is 2.44. The van der Waals surface area contributed by atoms with E-state index in [0.29, 0.717) is 43.6 Å². The SMILES string of the molecule is CCN(CC)C(=O)c1ccc(C(=O)N2CCCC(COC)(C(=O)O)C2)cc1. The molecule has 0 radical (unpaired) electrons. The van der Waals surface area contributed by atoms with E-state index in [1.54, 1.807) is 34.1 Å². The van der Waals surface area contributed by atoms with Gasteiger partial charge in [-0.2, -0.15) is 0 Å². The number of amides is 2. The first kappa shape index (κ1) is 20.9. The van der Waals surface area contributed by atoms with E-state index in [4.69, 9.17) is 4.74 Å². The second-order valence-electron chi connectivity index (χ2n) is 6.90. The molecule has 1 aliphatic heterocycles. The molecule has 0 bridgehead atoms. The lowest BCUT2D eigenvalue weighted by Gasteiger charge is -2.39. The summed E-state index contributed by atoms with van der Waals surface area (Å²) in [5, 5.41) is 9.63. The van der Waals surface area contributed by atoms with Gasteiger partial charge >= 0.3 is 5.97 Å². The number of piperidine rings is 1. The van der Waals surface area contributed by atoms with Crippen LogP contribution in [-0.2, 0) is 9.53 Å². The molecule has 1 saturated heterocycles. The van der Waals surface area contributed by atoms with Crippen molar-refractivity contribution in [2.75, 3.05) is 39.9 Å². The van der Waals surface area contributed by atoms with Gasteiger partial charge in [0.25, 0.3) is 11.8 Å². The molecule has 1 aromatic rings. The Morgan fingerprint density at radius 3 is 2.26 bits per heavy atom. The average molecular weight is 376 g/mol. The Hall–Kier alpha value is -2.41. The molecule has 2 amide bonds. The normalized spacial score (nSPS) is 19.6. The number of carbonyl (C=O) groups is 3. The molecule has 1 fully saturated rings. The summed E-state index contributed by atoms with van der Waals surface area (Å²) in [5.74, 6) is -1.23.